The number of hydrogen-bond donors (Lipinski definition) is 0. The van der Waals surface area contributed by atoms with E-state index in [4.69, 9.17) is 8.85 Å². The zero-order valence-corrected chi connectivity index (χ0v) is 15.6. The molecule has 0 saturated carbocycles. The van der Waals surface area contributed by atoms with Crippen molar-refractivity contribution in [3.05, 3.63) is 35.9 Å². The van der Waals surface area contributed by atoms with Gasteiger partial charge in [-0.15, -0.1) is 0 Å². The molecule has 0 aliphatic carbocycles. The molecule has 21 heavy (non-hydrogen) atoms. The van der Waals surface area contributed by atoms with Crippen LogP contribution < -0.4 is 0 Å². The molecule has 118 valence electrons. The third kappa shape index (κ3) is 2.83. The highest BCUT2D eigenvalue weighted by Gasteiger charge is 2.62. The van der Waals surface area contributed by atoms with Gasteiger partial charge in [0, 0.05) is 23.1 Å². The molecule has 1 aliphatic heterocycles. The Balaban J connectivity index is 2.47. The van der Waals surface area contributed by atoms with E-state index < -0.39 is 8.56 Å². The lowest BCUT2D eigenvalue weighted by atomic mass is 9.93. The second-order valence-corrected chi connectivity index (χ2v) is 13.1. The van der Waals surface area contributed by atoms with Gasteiger partial charge in [-0.25, -0.2) is 0 Å². The Morgan fingerprint density at radius 3 is 1.95 bits per heavy atom. The van der Waals surface area contributed by atoms with Gasteiger partial charge in [0.05, 0.1) is 5.60 Å². The van der Waals surface area contributed by atoms with Crippen molar-refractivity contribution >= 4 is 8.56 Å². The van der Waals surface area contributed by atoms with E-state index in [9.17, 15) is 0 Å². The molecule has 0 amide bonds. The number of rotatable bonds is 1. The van der Waals surface area contributed by atoms with E-state index in [0.29, 0.717) is 0 Å². The first-order chi connectivity index (χ1) is 9.52. The van der Waals surface area contributed by atoms with E-state index in [1.165, 1.54) is 5.56 Å². The Hall–Kier alpha value is -0.643. The van der Waals surface area contributed by atoms with Gasteiger partial charge in [0.2, 0.25) is 0 Å². The normalized spacial score (nSPS) is 26.6. The summed E-state index contributed by atoms with van der Waals surface area (Å²) in [7, 11) is -2.40. The SMILES string of the molecule is CC1(c2ccccc2)CCO[Si](C(C)(C)C)(C(C)(C)C)O1. The molecule has 1 aliphatic rings. The van der Waals surface area contributed by atoms with E-state index in [0.717, 1.165) is 13.0 Å². The maximum atomic E-state index is 6.89. The molecule has 1 unspecified atom stereocenters. The van der Waals surface area contributed by atoms with Crippen LogP contribution in [0.15, 0.2) is 30.3 Å². The van der Waals surface area contributed by atoms with Crippen molar-refractivity contribution in [1.82, 2.24) is 0 Å². The second-order valence-electron chi connectivity index (χ2n) is 8.41. The number of benzene rings is 1. The summed E-state index contributed by atoms with van der Waals surface area (Å²) in [6.45, 7) is 16.6. The van der Waals surface area contributed by atoms with Gasteiger partial charge in [0.25, 0.3) is 0 Å². The van der Waals surface area contributed by atoms with Crippen molar-refractivity contribution in [3.8, 4) is 0 Å². The van der Waals surface area contributed by atoms with Crippen LogP contribution in [-0.2, 0) is 14.5 Å². The molecule has 1 heterocycles. The van der Waals surface area contributed by atoms with Crippen LogP contribution in [-0.4, -0.2) is 15.2 Å². The monoisotopic (exact) mass is 306 g/mol. The second kappa shape index (κ2) is 5.22. The van der Waals surface area contributed by atoms with Gasteiger partial charge in [0.1, 0.15) is 0 Å². The molecule has 3 heteroatoms. The molecule has 1 saturated heterocycles. The van der Waals surface area contributed by atoms with Crippen LogP contribution in [0.1, 0.15) is 60.5 Å². The fourth-order valence-corrected chi connectivity index (χ4v) is 8.68. The first-order valence-corrected chi connectivity index (χ1v) is 9.73. The Morgan fingerprint density at radius 1 is 0.952 bits per heavy atom. The lowest BCUT2D eigenvalue weighted by Crippen LogP contribution is -2.63. The fourth-order valence-electron chi connectivity index (χ4n) is 3.65. The molecule has 0 radical (unpaired) electrons. The maximum absolute atomic E-state index is 6.89. The van der Waals surface area contributed by atoms with E-state index in [1.807, 2.05) is 0 Å². The predicted octanol–water partition coefficient (Wildman–Crippen LogP) is 5.38. The minimum Gasteiger partial charge on any atom is -0.393 e. The summed E-state index contributed by atoms with van der Waals surface area (Å²) >= 11 is 0. The smallest absolute Gasteiger partial charge is 0.349 e. The predicted molar refractivity (Wildman–Crippen MR) is 90.6 cm³/mol. The molecule has 1 aromatic rings. The van der Waals surface area contributed by atoms with Crippen molar-refractivity contribution in [3.63, 3.8) is 0 Å². The molecule has 1 atom stereocenters. The lowest BCUT2D eigenvalue weighted by Gasteiger charge is -2.56. The average Bonchev–Trinajstić information content (AvgIpc) is 2.37. The van der Waals surface area contributed by atoms with E-state index >= 15 is 0 Å². The van der Waals surface area contributed by atoms with Gasteiger partial charge in [-0.3, -0.25) is 0 Å². The summed E-state index contributed by atoms with van der Waals surface area (Å²) in [5.74, 6) is 0. The van der Waals surface area contributed by atoms with Crippen LogP contribution in [0.2, 0.25) is 10.1 Å². The summed E-state index contributed by atoms with van der Waals surface area (Å²) in [5, 5.41) is 0.0589. The van der Waals surface area contributed by atoms with Gasteiger partial charge in [-0.05, 0) is 12.5 Å². The van der Waals surface area contributed by atoms with E-state index in [-0.39, 0.29) is 15.7 Å². The Bertz CT molecular complexity index is 470. The fraction of sp³-hybridized carbons (Fsp3) is 0.667. The molecule has 2 nitrogen and oxygen atoms in total. The molecule has 2 rings (SSSR count). The summed E-state index contributed by atoms with van der Waals surface area (Å²) in [4.78, 5) is 0. The van der Waals surface area contributed by atoms with Crippen molar-refractivity contribution < 1.29 is 8.85 Å². The topological polar surface area (TPSA) is 18.5 Å². The summed E-state index contributed by atoms with van der Waals surface area (Å²) < 4.78 is 13.3. The molecular formula is C18H30O2Si. The minimum atomic E-state index is -2.40. The van der Waals surface area contributed by atoms with Crippen molar-refractivity contribution in [2.45, 2.75) is 70.6 Å². The van der Waals surface area contributed by atoms with Gasteiger partial charge in [0.15, 0.2) is 0 Å². The zero-order valence-electron chi connectivity index (χ0n) is 14.6. The Labute approximate surface area is 131 Å². The lowest BCUT2D eigenvalue weighted by molar-refractivity contribution is -0.0485. The van der Waals surface area contributed by atoms with Crippen molar-refractivity contribution in [2.24, 2.45) is 0 Å². The standard InChI is InChI=1S/C18H30O2Si/c1-16(2,3)21(17(4,5)6)19-14-13-18(7,20-21)15-11-9-8-10-12-15/h8-12H,13-14H2,1-7H3. The minimum absolute atomic E-state index is 0.0295. The Morgan fingerprint density at radius 2 is 1.48 bits per heavy atom. The summed E-state index contributed by atoms with van der Waals surface area (Å²) in [5.41, 5.74) is 1.02. The van der Waals surface area contributed by atoms with Gasteiger partial charge >= 0.3 is 8.56 Å². The third-order valence-corrected chi connectivity index (χ3v) is 9.91. The van der Waals surface area contributed by atoms with Crippen LogP contribution in [0.5, 0.6) is 0 Å². The number of hydrogen-bond acceptors (Lipinski definition) is 2. The highest BCUT2D eigenvalue weighted by atomic mass is 28.4. The quantitative estimate of drug-likeness (QED) is 0.648. The van der Waals surface area contributed by atoms with E-state index in [2.05, 4.69) is 78.8 Å². The van der Waals surface area contributed by atoms with Crippen LogP contribution in [0.25, 0.3) is 0 Å². The van der Waals surface area contributed by atoms with Crippen LogP contribution in [0.3, 0.4) is 0 Å². The largest absolute Gasteiger partial charge is 0.393 e. The van der Waals surface area contributed by atoms with Crippen LogP contribution in [0.4, 0.5) is 0 Å². The first-order valence-electron chi connectivity index (χ1n) is 7.92. The molecule has 0 bridgehead atoms. The maximum Gasteiger partial charge on any atom is 0.349 e. The van der Waals surface area contributed by atoms with Gasteiger partial charge in [-0.1, -0.05) is 71.9 Å². The summed E-state index contributed by atoms with van der Waals surface area (Å²) in [6.07, 6.45) is 0.915. The first kappa shape index (κ1) is 16.7. The summed E-state index contributed by atoms with van der Waals surface area (Å²) in [6, 6.07) is 10.6. The van der Waals surface area contributed by atoms with Crippen LogP contribution >= 0.6 is 0 Å². The molecule has 0 N–H and O–H groups in total. The van der Waals surface area contributed by atoms with Crippen molar-refractivity contribution in [1.29, 1.82) is 0 Å². The molecule has 1 fully saturated rings. The molecular weight excluding hydrogens is 276 g/mol. The highest BCUT2D eigenvalue weighted by molar-refractivity contribution is 6.73. The van der Waals surface area contributed by atoms with Gasteiger partial charge in [-0.2, -0.15) is 0 Å². The zero-order chi connectivity index (χ0) is 15.9. The third-order valence-electron chi connectivity index (χ3n) is 4.61. The molecule has 0 spiro atoms. The van der Waals surface area contributed by atoms with Gasteiger partial charge < -0.3 is 8.85 Å². The average molecular weight is 307 g/mol. The van der Waals surface area contributed by atoms with E-state index in [1.54, 1.807) is 0 Å². The van der Waals surface area contributed by atoms with Crippen LogP contribution in [0, 0.1) is 0 Å². The van der Waals surface area contributed by atoms with Crippen molar-refractivity contribution in [2.75, 3.05) is 6.61 Å². The highest BCUT2D eigenvalue weighted by Crippen LogP contribution is 2.57. The molecule has 0 aromatic heterocycles. The molecule has 1 aromatic carbocycles. The Kier molecular flexibility index (Phi) is 4.16.